The molecular weight excluding hydrogens is 241 g/mol. The first-order valence-electron chi connectivity index (χ1n) is 3.57. The third kappa shape index (κ3) is 2.65. The standard InChI is InChI=1S/C8H9BrFNO2/c1-11(13)4-5-2-6(10)8(9)7(12)3-5/h2-3,12-13H,4H2,1H3. The highest BCUT2D eigenvalue weighted by Crippen LogP contribution is 2.28. The van der Waals surface area contributed by atoms with Gasteiger partial charge in [-0.15, -0.1) is 0 Å². The van der Waals surface area contributed by atoms with Crippen LogP contribution in [0.1, 0.15) is 5.56 Å². The van der Waals surface area contributed by atoms with Crippen molar-refractivity contribution in [2.24, 2.45) is 0 Å². The largest absolute Gasteiger partial charge is 0.507 e. The smallest absolute Gasteiger partial charge is 0.141 e. The van der Waals surface area contributed by atoms with Crippen molar-refractivity contribution >= 4 is 15.9 Å². The van der Waals surface area contributed by atoms with Crippen molar-refractivity contribution in [2.75, 3.05) is 7.05 Å². The average molecular weight is 250 g/mol. The molecule has 13 heavy (non-hydrogen) atoms. The van der Waals surface area contributed by atoms with Crippen molar-refractivity contribution in [3.05, 3.63) is 28.0 Å². The molecule has 0 fully saturated rings. The third-order valence-corrected chi connectivity index (χ3v) is 2.27. The lowest BCUT2D eigenvalue weighted by Gasteiger charge is -2.09. The highest BCUT2D eigenvalue weighted by molar-refractivity contribution is 9.10. The molecule has 0 radical (unpaired) electrons. The lowest BCUT2D eigenvalue weighted by molar-refractivity contribution is -0.0732. The molecule has 0 heterocycles. The Balaban J connectivity index is 2.99. The first kappa shape index (κ1) is 10.4. The summed E-state index contributed by atoms with van der Waals surface area (Å²) in [5.74, 6) is -0.714. The minimum absolute atomic E-state index is 0.0387. The van der Waals surface area contributed by atoms with Gasteiger partial charge in [-0.2, -0.15) is 5.06 Å². The van der Waals surface area contributed by atoms with Crippen LogP contribution >= 0.6 is 15.9 Å². The number of phenols is 1. The molecule has 0 unspecified atom stereocenters. The number of hydrogen-bond acceptors (Lipinski definition) is 3. The van der Waals surface area contributed by atoms with E-state index in [0.29, 0.717) is 5.56 Å². The Kier molecular flexibility index (Phi) is 3.24. The molecule has 0 spiro atoms. The van der Waals surface area contributed by atoms with Crippen LogP contribution in [0.25, 0.3) is 0 Å². The Labute approximate surface area is 83.5 Å². The molecule has 2 N–H and O–H groups in total. The van der Waals surface area contributed by atoms with Gasteiger partial charge in [0.05, 0.1) is 4.47 Å². The molecule has 0 aliphatic carbocycles. The second-order valence-corrected chi connectivity index (χ2v) is 3.52. The number of hydroxylamine groups is 2. The SMILES string of the molecule is CN(O)Cc1cc(O)c(Br)c(F)c1. The predicted molar refractivity (Wildman–Crippen MR) is 49.0 cm³/mol. The first-order chi connectivity index (χ1) is 6.00. The quantitative estimate of drug-likeness (QED) is 0.790. The van der Waals surface area contributed by atoms with Crippen LogP contribution in [0.3, 0.4) is 0 Å². The zero-order valence-electron chi connectivity index (χ0n) is 6.96. The van der Waals surface area contributed by atoms with Gasteiger partial charge in [-0.1, -0.05) is 0 Å². The number of benzene rings is 1. The number of phenolic OH excluding ortho intramolecular Hbond substituents is 1. The molecule has 5 heteroatoms. The second-order valence-electron chi connectivity index (χ2n) is 2.73. The van der Waals surface area contributed by atoms with Gasteiger partial charge < -0.3 is 10.3 Å². The molecule has 0 atom stereocenters. The lowest BCUT2D eigenvalue weighted by Crippen LogP contribution is -2.11. The van der Waals surface area contributed by atoms with Gasteiger partial charge in [-0.05, 0) is 33.6 Å². The van der Waals surface area contributed by atoms with Crippen LogP contribution < -0.4 is 0 Å². The van der Waals surface area contributed by atoms with Crippen LogP contribution in [0.4, 0.5) is 4.39 Å². The average Bonchev–Trinajstić information content (AvgIpc) is 1.98. The zero-order chi connectivity index (χ0) is 10.0. The summed E-state index contributed by atoms with van der Waals surface area (Å²) in [6, 6.07) is 2.64. The zero-order valence-corrected chi connectivity index (χ0v) is 8.55. The maximum Gasteiger partial charge on any atom is 0.141 e. The number of halogens is 2. The number of hydrogen-bond donors (Lipinski definition) is 2. The minimum Gasteiger partial charge on any atom is -0.507 e. The van der Waals surface area contributed by atoms with Crippen molar-refractivity contribution in [1.29, 1.82) is 0 Å². The van der Waals surface area contributed by atoms with Crippen molar-refractivity contribution in [1.82, 2.24) is 5.06 Å². The van der Waals surface area contributed by atoms with Gasteiger partial charge in [0.2, 0.25) is 0 Å². The van der Waals surface area contributed by atoms with Gasteiger partial charge in [0.25, 0.3) is 0 Å². The Bertz CT molecular complexity index is 294. The molecule has 3 nitrogen and oxygen atoms in total. The molecule has 0 saturated heterocycles. The van der Waals surface area contributed by atoms with Gasteiger partial charge in [0, 0.05) is 13.6 Å². The first-order valence-corrected chi connectivity index (χ1v) is 4.37. The Morgan fingerprint density at radius 2 is 2.15 bits per heavy atom. The van der Waals surface area contributed by atoms with Crippen molar-refractivity contribution in [3.8, 4) is 5.75 Å². The van der Waals surface area contributed by atoms with E-state index in [1.54, 1.807) is 0 Å². The predicted octanol–water partition coefficient (Wildman–Crippen LogP) is 2.11. The third-order valence-electron chi connectivity index (χ3n) is 1.48. The van der Waals surface area contributed by atoms with E-state index in [9.17, 15) is 9.50 Å². The fraction of sp³-hybridized carbons (Fsp3) is 0.250. The van der Waals surface area contributed by atoms with Crippen LogP contribution in [-0.2, 0) is 6.54 Å². The van der Waals surface area contributed by atoms with Gasteiger partial charge in [0.15, 0.2) is 0 Å². The van der Waals surface area contributed by atoms with Crippen molar-refractivity contribution < 1.29 is 14.7 Å². The molecule has 1 aromatic carbocycles. The number of rotatable bonds is 2. The Morgan fingerprint density at radius 1 is 1.54 bits per heavy atom. The highest BCUT2D eigenvalue weighted by atomic mass is 79.9. The van der Waals surface area contributed by atoms with E-state index in [0.717, 1.165) is 5.06 Å². The van der Waals surface area contributed by atoms with E-state index >= 15 is 0 Å². The highest BCUT2D eigenvalue weighted by Gasteiger charge is 2.07. The summed E-state index contributed by atoms with van der Waals surface area (Å²) >= 11 is 2.88. The summed E-state index contributed by atoms with van der Waals surface area (Å²) in [7, 11) is 1.44. The van der Waals surface area contributed by atoms with E-state index in [1.165, 1.54) is 19.2 Å². The molecule has 0 saturated carbocycles. The molecular formula is C8H9BrFNO2. The summed E-state index contributed by atoms with van der Waals surface area (Å²) in [5.41, 5.74) is 0.503. The van der Waals surface area contributed by atoms with Crippen LogP contribution in [-0.4, -0.2) is 22.4 Å². The molecule has 0 aromatic heterocycles. The minimum atomic E-state index is -0.545. The van der Waals surface area contributed by atoms with Crippen LogP contribution in [0.5, 0.6) is 5.75 Å². The topological polar surface area (TPSA) is 43.7 Å². The number of aromatic hydroxyl groups is 1. The van der Waals surface area contributed by atoms with Crippen molar-refractivity contribution in [3.63, 3.8) is 0 Å². The summed E-state index contributed by atoms with van der Waals surface area (Å²) in [6.45, 7) is 0.164. The molecule has 0 aliphatic heterocycles. The molecule has 1 rings (SSSR count). The van der Waals surface area contributed by atoms with E-state index in [4.69, 9.17) is 5.21 Å². The van der Waals surface area contributed by atoms with Crippen LogP contribution in [0, 0.1) is 5.82 Å². The summed E-state index contributed by atoms with van der Waals surface area (Å²) in [6.07, 6.45) is 0. The normalized spacial score (nSPS) is 10.8. The summed E-state index contributed by atoms with van der Waals surface area (Å²) < 4.78 is 13.0. The maximum atomic E-state index is 13.0. The van der Waals surface area contributed by atoms with Gasteiger partial charge in [-0.25, -0.2) is 4.39 Å². The van der Waals surface area contributed by atoms with E-state index in [-0.39, 0.29) is 16.8 Å². The van der Waals surface area contributed by atoms with Gasteiger partial charge >= 0.3 is 0 Å². The molecule has 0 aliphatic rings. The lowest BCUT2D eigenvalue weighted by atomic mass is 10.2. The Hall–Kier alpha value is -0.650. The molecule has 0 amide bonds. The van der Waals surface area contributed by atoms with Crippen LogP contribution in [0.2, 0.25) is 0 Å². The van der Waals surface area contributed by atoms with Gasteiger partial charge in [0.1, 0.15) is 11.6 Å². The van der Waals surface area contributed by atoms with E-state index < -0.39 is 5.82 Å². The van der Waals surface area contributed by atoms with Crippen LogP contribution in [0.15, 0.2) is 16.6 Å². The monoisotopic (exact) mass is 249 g/mol. The van der Waals surface area contributed by atoms with Gasteiger partial charge in [-0.3, -0.25) is 0 Å². The molecule has 1 aromatic rings. The number of nitrogens with zero attached hydrogens (tertiary/aromatic N) is 1. The molecule has 0 bridgehead atoms. The Morgan fingerprint density at radius 3 is 2.62 bits per heavy atom. The van der Waals surface area contributed by atoms with E-state index in [2.05, 4.69) is 15.9 Å². The molecule has 72 valence electrons. The van der Waals surface area contributed by atoms with Crippen molar-refractivity contribution in [2.45, 2.75) is 6.54 Å². The van der Waals surface area contributed by atoms with E-state index in [1.807, 2.05) is 0 Å². The fourth-order valence-corrected chi connectivity index (χ4v) is 1.21. The second kappa shape index (κ2) is 4.04. The fourth-order valence-electron chi connectivity index (χ4n) is 0.985. The maximum absolute atomic E-state index is 13.0. The summed E-state index contributed by atoms with van der Waals surface area (Å²) in [4.78, 5) is 0. The summed E-state index contributed by atoms with van der Waals surface area (Å²) in [5, 5.41) is 19.0.